The van der Waals surface area contributed by atoms with E-state index in [1.165, 1.54) is 6.33 Å². The predicted molar refractivity (Wildman–Crippen MR) is 61.0 cm³/mol. The summed E-state index contributed by atoms with van der Waals surface area (Å²) in [6.45, 7) is 4.43. The van der Waals surface area contributed by atoms with Gasteiger partial charge in [0.05, 0.1) is 12.2 Å². The minimum absolute atomic E-state index is 0.272. The molecule has 5 heteroatoms. The highest BCUT2D eigenvalue weighted by molar-refractivity contribution is 8.02. The van der Waals surface area contributed by atoms with Crippen molar-refractivity contribution in [1.29, 1.82) is 0 Å². The van der Waals surface area contributed by atoms with E-state index in [1.54, 1.807) is 6.20 Å². The molecule has 2 heterocycles. The fourth-order valence-corrected chi connectivity index (χ4v) is 2.60. The lowest BCUT2D eigenvalue weighted by atomic mass is 10.0. The van der Waals surface area contributed by atoms with Crippen LogP contribution in [0.25, 0.3) is 0 Å². The van der Waals surface area contributed by atoms with Crippen LogP contribution in [0.3, 0.4) is 0 Å². The molecule has 76 valence electrons. The Kier molecular flexibility index (Phi) is 2.58. The largest absolute Gasteiger partial charge is 0.364 e. The number of thioether (sulfide) groups is 1. The molecule has 0 bridgehead atoms. The van der Waals surface area contributed by atoms with Crippen LogP contribution in [0.2, 0.25) is 5.02 Å². The average Bonchev–Trinajstić information content (AvgIpc) is 2.15. The standard InChI is InChI=1S/C9H12ClN3S/c1-9(2)7(4-14-9)13-8-6(10)3-11-5-12-8/h3,5,7H,4H2,1-2H3,(H,11,12,13). The van der Waals surface area contributed by atoms with Crippen molar-refractivity contribution in [3.8, 4) is 0 Å². The van der Waals surface area contributed by atoms with E-state index in [0.29, 0.717) is 11.1 Å². The molecule has 0 radical (unpaired) electrons. The van der Waals surface area contributed by atoms with Gasteiger partial charge in [-0.2, -0.15) is 11.8 Å². The summed E-state index contributed by atoms with van der Waals surface area (Å²) < 4.78 is 0.272. The van der Waals surface area contributed by atoms with Crippen molar-refractivity contribution in [2.75, 3.05) is 11.1 Å². The molecule has 0 aliphatic carbocycles. The Morgan fingerprint density at radius 1 is 1.64 bits per heavy atom. The van der Waals surface area contributed by atoms with Crippen LogP contribution in [-0.4, -0.2) is 26.5 Å². The second kappa shape index (κ2) is 3.59. The van der Waals surface area contributed by atoms with Gasteiger partial charge in [-0.15, -0.1) is 0 Å². The van der Waals surface area contributed by atoms with Crippen LogP contribution in [0.15, 0.2) is 12.5 Å². The summed E-state index contributed by atoms with van der Waals surface area (Å²) in [5, 5.41) is 3.92. The van der Waals surface area contributed by atoms with Crippen molar-refractivity contribution in [3.05, 3.63) is 17.5 Å². The highest BCUT2D eigenvalue weighted by Crippen LogP contribution is 2.41. The maximum Gasteiger partial charge on any atom is 0.148 e. The van der Waals surface area contributed by atoms with E-state index in [-0.39, 0.29) is 4.75 Å². The van der Waals surface area contributed by atoms with Gasteiger partial charge in [0.25, 0.3) is 0 Å². The number of rotatable bonds is 2. The van der Waals surface area contributed by atoms with Gasteiger partial charge in [0.1, 0.15) is 17.2 Å². The van der Waals surface area contributed by atoms with Gasteiger partial charge in [-0.1, -0.05) is 11.6 Å². The van der Waals surface area contributed by atoms with Crippen molar-refractivity contribution < 1.29 is 0 Å². The Morgan fingerprint density at radius 3 is 2.93 bits per heavy atom. The summed E-state index contributed by atoms with van der Waals surface area (Å²) in [5.41, 5.74) is 0. The summed E-state index contributed by atoms with van der Waals surface area (Å²) in [6, 6.07) is 0.444. The van der Waals surface area contributed by atoms with Crippen molar-refractivity contribution in [1.82, 2.24) is 9.97 Å². The quantitative estimate of drug-likeness (QED) is 0.846. The van der Waals surface area contributed by atoms with Gasteiger partial charge in [0.2, 0.25) is 0 Å². The molecule has 3 nitrogen and oxygen atoms in total. The van der Waals surface area contributed by atoms with Crippen LogP contribution in [0.5, 0.6) is 0 Å². The van der Waals surface area contributed by atoms with Crippen LogP contribution >= 0.6 is 23.4 Å². The lowest BCUT2D eigenvalue weighted by Crippen LogP contribution is -2.50. The van der Waals surface area contributed by atoms with Gasteiger partial charge in [-0.3, -0.25) is 0 Å². The Morgan fingerprint density at radius 2 is 2.43 bits per heavy atom. The van der Waals surface area contributed by atoms with Crippen molar-refractivity contribution in [2.24, 2.45) is 0 Å². The summed E-state index contributed by atoms with van der Waals surface area (Å²) in [7, 11) is 0. The van der Waals surface area contributed by atoms with E-state index in [2.05, 4.69) is 29.1 Å². The topological polar surface area (TPSA) is 37.8 Å². The molecule has 0 spiro atoms. The highest BCUT2D eigenvalue weighted by Gasteiger charge is 2.39. The van der Waals surface area contributed by atoms with Gasteiger partial charge >= 0.3 is 0 Å². The van der Waals surface area contributed by atoms with Crippen LogP contribution in [0.4, 0.5) is 5.82 Å². The number of nitrogens with one attached hydrogen (secondary N) is 1. The molecule has 1 fully saturated rings. The molecule has 1 aromatic heterocycles. The highest BCUT2D eigenvalue weighted by atomic mass is 35.5. The van der Waals surface area contributed by atoms with E-state index in [1.807, 2.05) is 11.8 Å². The first-order chi connectivity index (χ1) is 6.59. The first kappa shape index (κ1) is 10.1. The van der Waals surface area contributed by atoms with Crippen LogP contribution in [0.1, 0.15) is 13.8 Å². The fourth-order valence-electron chi connectivity index (χ4n) is 1.30. The van der Waals surface area contributed by atoms with E-state index in [0.717, 1.165) is 11.6 Å². The van der Waals surface area contributed by atoms with E-state index in [9.17, 15) is 0 Å². The second-order valence-electron chi connectivity index (χ2n) is 3.83. The Labute approximate surface area is 92.7 Å². The molecule has 1 atom stereocenters. The van der Waals surface area contributed by atoms with E-state index >= 15 is 0 Å². The number of hydrogen-bond donors (Lipinski definition) is 1. The van der Waals surface area contributed by atoms with Crippen molar-refractivity contribution >= 4 is 29.2 Å². The summed E-state index contributed by atoms with van der Waals surface area (Å²) in [6.07, 6.45) is 3.11. The molecule has 0 amide bonds. The first-order valence-electron chi connectivity index (χ1n) is 4.45. The monoisotopic (exact) mass is 229 g/mol. The number of anilines is 1. The Bertz CT molecular complexity index is 343. The molecule has 1 saturated heterocycles. The molecule has 1 aliphatic heterocycles. The van der Waals surface area contributed by atoms with Gasteiger partial charge in [0.15, 0.2) is 0 Å². The minimum Gasteiger partial charge on any atom is -0.364 e. The maximum absolute atomic E-state index is 5.95. The average molecular weight is 230 g/mol. The molecule has 1 aromatic rings. The zero-order chi connectivity index (χ0) is 10.2. The van der Waals surface area contributed by atoms with Crippen LogP contribution in [0, 0.1) is 0 Å². The molecule has 0 aromatic carbocycles. The van der Waals surface area contributed by atoms with Crippen LogP contribution in [-0.2, 0) is 0 Å². The number of hydrogen-bond acceptors (Lipinski definition) is 4. The Balaban J connectivity index is 2.08. The number of halogens is 1. The molecule has 14 heavy (non-hydrogen) atoms. The lowest BCUT2D eigenvalue weighted by Gasteiger charge is -2.44. The number of nitrogens with zero attached hydrogens (tertiary/aromatic N) is 2. The zero-order valence-corrected chi connectivity index (χ0v) is 9.69. The van der Waals surface area contributed by atoms with E-state index in [4.69, 9.17) is 11.6 Å². The van der Waals surface area contributed by atoms with E-state index < -0.39 is 0 Å². The maximum atomic E-state index is 5.95. The molecule has 1 N–H and O–H groups in total. The fraction of sp³-hybridized carbons (Fsp3) is 0.556. The van der Waals surface area contributed by atoms with Crippen molar-refractivity contribution in [3.63, 3.8) is 0 Å². The molecule has 2 rings (SSSR count). The zero-order valence-electron chi connectivity index (χ0n) is 8.12. The predicted octanol–water partition coefficient (Wildman–Crippen LogP) is 2.44. The van der Waals surface area contributed by atoms with Gasteiger partial charge in [-0.25, -0.2) is 9.97 Å². The third kappa shape index (κ3) is 1.81. The summed E-state index contributed by atoms with van der Waals surface area (Å²) in [5.74, 6) is 1.84. The smallest absolute Gasteiger partial charge is 0.148 e. The SMILES string of the molecule is CC1(C)SCC1Nc1ncncc1Cl. The van der Waals surface area contributed by atoms with Gasteiger partial charge < -0.3 is 5.32 Å². The molecule has 1 aliphatic rings. The van der Waals surface area contributed by atoms with Crippen LogP contribution < -0.4 is 5.32 Å². The lowest BCUT2D eigenvalue weighted by molar-refractivity contribution is 0.574. The second-order valence-corrected chi connectivity index (χ2v) is 5.91. The number of aromatic nitrogens is 2. The first-order valence-corrected chi connectivity index (χ1v) is 5.82. The molecule has 1 unspecified atom stereocenters. The summed E-state index contributed by atoms with van der Waals surface area (Å²) in [4.78, 5) is 7.95. The minimum atomic E-state index is 0.272. The summed E-state index contributed by atoms with van der Waals surface area (Å²) >= 11 is 7.89. The molecular formula is C9H12ClN3S. The van der Waals surface area contributed by atoms with Crippen molar-refractivity contribution in [2.45, 2.75) is 24.6 Å². The molecular weight excluding hydrogens is 218 g/mol. The third-order valence-electron chi connectivity index (χ3n) is 2.44. The van der Waals surface area contributed by atoms with Gasteiger partial charge in [0, 0.05) is 10.5 Å². The Hall–Kier alpha value is -0.480. The normalized spacial score (nSPS) is 24.1. The molecule has 0 saturated carbocycles. The van der Waals surface area contributed by atoms with Gasteiger partial charge in [-0.05, 0) is 13.8 Å². The third-order valence-corrected chi connectivity index (χ3v) is 4.24.